The third kappa shape index (κ3) is 4.56. The van der Waals surface area contributed by atoms with E-state index in [-0.39, 0.29) is 11.2 Å². The molecular formula is C16H14Cl3NOS. The molecule has 1 atom stereocenters. The Hall–Kier alpha value is -0.870. The largest absolute Gasteiger partial charge is 0.323 e. The molecule has 0 bridgehead atoms. The highest BCUT2D eigenvalue weighted by Crippen LogP contribution is 2.31. The normalized spacial score (nSPS) is 12.0. The second-order valence-electron chi connectivity index (χ2n) is 4.63. The molecule has 1 unspecified atom stereocenters. The molecule has 116 valence electrons. The van der Waals surface area contributed by atoms with Crippen LogP contribution in [0.25, 0.3) is 0 Å². The van der Waals surface area contributed by atoms with Crippen molar-refractivity contribution < 1.29 is 4.79 Å². The first-order valence-corrected chi connectivity index (χ1v) is 8.77. The van der Waals surface area contributed by atoms with E-state index in [4.69, 9.17) is 34.8 Å². The summed E-state index contributed by atoms with van der Waals surface area (Å²) in [6.07, 6.45) is 0. The van der Waals surface area contributed by atoms with Gasteiger partial charge in [-0.25, -0.2) is 0 Å². The van der Waals surface area contributed by atoms with Gasteiger partial charge in [-0.15, -0.1) is 11.8 Å². The van der Waals surface area contributed by atoms with E-state index in [1.54, 1.807) is 18.2 Å². The number of carbonyl (C=O) groups excluding carboxylic acids is 1. The Bertz CT molecular complexity index is 658. The standard InChI is InChI=1S/C16H14Cl3NOS/c1-10(22-9-11-5-2-3-6-12(11)17)16(21)20-15-13(18)7-4-8-14(15)19/h2-8,10H,9H2,1H3,(H,20,21). The lowest BCUT2D eigenvalue weighted by Gasteiger charge is -2.14. The van der Waals surface area contributed by atoms with Gasteiger partial charge < -0.3 is 5.32 Å². The lowest BCUT2D eigenvalue weighted by Crippen LogP contribution is -2.23. The zero-order chi connectivity index (χ0) is 16.1. The number of para-hydroxylation sites is 1. The van der Waals surface area contributed by atoms with Gasteiger partial charge in [-0.1, -0.05) is 59.1 Å². The zero-order valence-corrected chi connectivity index (χ0v) is 14.9. The van der Waals surface area contributed by atoms with E-state index in [0.29, 0.717) is 26.5 Å². The number of halogens is 3. The number of carbonyl (C=O) groups is 1. The minimum Gasteiger partial charge on any atom is -0.323 e. The molecule has 2 aromatic rings. The van der Waals surface area contributed by atoms with Crippen LogP contribution in [0.5, 0.6) is 0 Å². The molecular weight excluding hydrogens is 361 g/mol. The lowest BCUT2D eigenvalue weighted by atomic mass is 10.2. The summed E-state index contributed by atoms with van der Waals surface area (Å²) in [5, 5.41) is 4.06. The van der Waals surface area contributed by atoms with Crippen molar-refractivity contribution in [3.05, 3.63) is 63.1 Å². The molecule has 2 rings (SSSR count). The van der Waals surface area contributed by atoms with Crippen molar-refractivity contribution in [1.82, 2.24) is 0 Å². The van der Waals surface area contributed by atoms with Crippen LogP contribution in [0, 0.1) is 0 Å². The maximum atomic E-state index is 12.2. The van der Waals surface area contributed by atoms with E-state index >= 15 is 0 Å². The number of rotatable bonds is 5. The van der Waals surface area contributed by atoms with Gasteiger partial charge in [0.15, 0.2) is 0 Å². The molecule has 0 radical (unpaired) electrons. The maximum absolute atomic E-state index is 12.2. The average molecular weight is 375 g/mol. The second-order valence-corrected chi connectivity index (χ2v) is 7.18. The number of benzene rings is 2. The highest BCUT2D eigenvalue weighted by atomic mass is 35.5. The van der Waals surface area contributed by atoms with Crippen molar-refractivity contribution in [3.63, 3.8) is 0 Å². The monoisotopic (exact) mass is 373 g/mol. The van der Waals surface area contributed by atoms with E-state index in [0.717, 1.165) is 5.56 Å². The highest BCUT2D eigenvalue weighted by Gasteiger charge is 2.17. The van der Waals surface area contributed by atoms with Crippen LogP contribution in [0.1, 0.15) is 12.5 Å². The van der Waals surface area contributed by atoms with Gasteiger partial charge in [-0.05, 0) is 30.7 Å². The van der Waals surface area contributed by atoms with Crippen LogP contribution < -0.4 is 5.32 Å². The summed E-state index contributed by atoms with van der Waals surface area (Å²) in [5.41, 5.74) is 1.45. The molecule has 0 saturated carbocycles. The molecule has 2 aromatic carbocycles. The third-order valence-electron chi connectivity index (χ3n) is 3.03. The van der Waals surface area contributed by atoms with E-state index in [1.165, 1.54) is 11.8 Å². The summed E-state index contributed by atoms with van der Waals surface area (Å²) in [5.74, 6) is 0.511. The molecule has 0 fully saturated rings. The minimum absolute atomic E-state index is 0.146. The fraction of sp³-hybridized carbons (Fsp3) is 0.188. The first kappa shape index (κ1) is 17.5. The fourth-order valence-electron chi connectivity index (χ4n) is 1.75. The van der Waals surface area contributed by atoms with E-state index < -0.39 is 0 Å². The Balaban J connectivity index is 1.97. The van der Waals surface area contributed by atoms with Crippen molar-refractivity contribution in [3.8, 4) is 0 Å². The van der Waals surface area contributed by atoms with Crippen LogP contribution in [0.15, 0.2) is 42.5 Å². The molecule has 0 aliphatic rings. The van der Waals surface area contributed by atoms with E-state index in [1.807, 2.05) is 31.2 Å². The molecule has 0 aromatic heterocycles. The van der Waals surface area contributed by atoms with Crippen LogP contribution in [0.3, 0.4) is 0 Å². The van der Waals surface area contributed by atoms with Gasteiger partial charge in [0.2, 0.25) is 5.91 Å². The quantitative estimate of drug-likeness (QED) is 0.705. The first-order valence-electron chi connectivity index (χ1n) is 6.59. The van der Waals surface area contributed by atoms with Gasteiger partial charge in [0.1, 0.15) is 0 Å². The number of amides is 1. The van der Waals surface area contributed by atoms with Gasteiger partial charge in [-0.2, -0.15) is 0 Å². The number of thioether (sulfide) groups is 1. The molecule has 0 heterocycles. The third-order valence-corrected chi connectivity index (χ3v) is 5.22. The molecule has 0 saturated heterocycles. The number of nitrogens with one attached hydrogen (secondary N) is 1. The Labute approximate surface area is 149 Å². The highest BCUT2D eigenvalue weighted by molar-refractivity contribution is 7.99. The van der Waals surface area contributed by atoms with Gasteiger partial charge in [0, 0.05) is 10.8 Å². The van der Waals surface area contributed by atoms with Gasteiger partial charge in [-0.3, -0.25) is 4.79 Å². The van der Waals surface area contributed by atoms with Gasteiger partial charge in [0.25, 0.3) is 0 Å². The van der Waals surface area contributed by atoms with Crippen molar-refractivity contribution >= 4 is 58.2 Å². The van der Waals surface area contributed by atoms with Gasteiger partial charge in [0.05, 0.1) is 21.0 Å². The van der Waals surface area contributed by atoms with Crippen molar-refractivity contribution in [2.24, 2.45) is 0 Å². The Kier molecular flexibility index (Phi) is 6.45. The Morgan fingerprint density at radius 2 is 1.64 bits per heavy atom. The Morgan fingerprint density at radius 3 is 2.27 bits per heavy atom. The van der Waals surface area contributed by atoms with Crippen LogP contribution in [-0.4, -0.2) is 11.2 Å². The predicted molar refractivity (Wildman–Crippen MR) is 97.3 cm³/mol. The summed E-state index contributed by atoms with van der Waals surface area (Å²) >= 11 is 19.7. The van der Waals surface area contributed by atoms with Crippen molar-refractivity contribution in [1.29, 1.82) is 0 Å². The van der Waals surface area contributed by atoms with Crippen molar-refractivity contribution in [2.45, 2.75) is 17.9 Å². The molecule has 0 aliphatic heterocycles. The van der Waals surface area contributed by atoms with Crippen molar-refractivity contribution in [2.75, 3.05) is 5.32 Å². The summed E-state index contributed by atoms with van der Waals surface area (Å²) in [6.45, 7) is 1.83. The Morgan fingerprint density at radius 1 is 1.05 bits per heavy atom. The van der Waals surface area contributed by atoms with E-state index in [2.05, 4.69) is 5.32 Å². The molecule has 22 heavy (non-hydrogen) atoms. The van der Waals surface area contributed by atoms with Crippen LogP contribution >= 0.6 is 46.6 Å². The molecule has 0 aliphatic carbocycles. The lowest BCUT2D eigenvalue weighted by molar-refractivity contribution is -0.115. The first-order chi connectivity index (χ1) is 10.5. The second kappa shape index (κ2) is 8.11. The summed E-state index contributed by atoms with van der Waals surface area (Å²) in [4.78, 5) is 12.2. The predicted octanol–water partition coefficient (Wildman–Crippen LogP) is 5.91. The smallest absolute Gasteiger partial charge is 0.237 e. The zero-order valence-electron chi connectivity index (χ0n) is 11.8. The SMILES string of the molecule is CC(SCc1ccccc1Cl)C(=O)Nc1c(Cl)cccc1Cl. The fourth-order valence-corrected chi connectivity index (χ4v) is 3.41. The summed E-state index contributed by atoms with van der Waals surface area (Å²) in [6, 6.07) is 12.7. The van der Waals surface area contributed by atoms with Crippen LogP contribution in [0.4, 0.5) is 5.69 Å². The summed E-state index contributed by atoms with van der Waals surface area (Å²) < 4.78 is 0. The van der Waals surface area contributed by atoms with Crippen LogP contribution in [0.2, 0.25) is 15.1 Å². The topological polar surface area (TPSA) is 29.1 Å². The molecule has 2 nitrogen and oxygen atoms in total. The minimum atomic E-state index is -0.261. The van der Waals surface area contributed by atoms with Gasteiger partial charge >= 0.3 is 0 Å². The number of anilines is 1. The average Bonchev–Trinajstić information content (AvgIpc) is 2.49. The number of hydrogen-bond acceptors (Lipinski definition) is 2. The molecule has 6 heteroatoms. The molecule has 0 spiro atoms. The van der Waals surface area contributed by atoms with E-state index in [9.17, 15) is 4.79 Å². The molecule has 1 amide bonds. The summed E-state index contributed by atoms with van der Waals surface area (Å²) in [7, 11) is 0. The maximum Gasteiger partial charge on any atom is 0.237 e. The number of hydrogen-bond donors (Lipinski definition) is 1. The molecule has 1 N–H and O–H groups in total. The van der Waals surface area contributed by atoms with Crippen LogP contribution in [-0.2, 0) is 10.5 Å².